The molecule has 1 aromatic rings. The lowest BCUT2D eigenvalue weighted by atomic mass is 9.81. The molecule has 98 valence electrons. The molecule has 3 nitrogen and oxygen atoms in total. The van der Waals surface area contributed by atoms with Gasteiger partial charge in [0.05, 0.1) is 10.6 Å². The molecule has 0 radical (unpaired) electrons. The van der Waals surface area contributed by atoms with Crippen molar-refractivity contribution in [2.45, 2.75) is 31.1 Å². The molecule has 0 amide bonds. The van der Waals surface area contributed by atoms with Gasteiger partial charge in [-0.2, -0.15) is 0 Å². The van der Waals surface area contributed by atoms with Gasteiger partial charge < -0.3 is 0 Å². The first-order chi connectivity index (χ1) is 8.50. The monoisotopic (exact) mass is 266 g/mol. The predicted octanol–water partition coefficient (Wildman–Crippen LogP) is 2.47. The summed E-state index contributed by atoms with van der Waals surface area (Å²) in [6.07, 6.45) is 2.25. The second-order valence-corrected chi connectivity index (χ2v) is 7.04. The molecule has 1 aliphatic rings. The molecule has 18 heavy (non-hydrogen) atoms. The fourth-order valence-electron chi connectivity index (χ4n) is 2.51. The van der Waals surface area contributed by atoms with E-state index in [9.17, 15) is 13.2 Å². The summed E-state index contributed by atoms with van der Waals surface area (Å²) >= 11 is 0. The Bertz CT molecular complexity index is 519. The summed E-state index contributed by atoms with van der Waals surface area (Å²) in [5, 5.41) is 0. The van der Waals surface area contributed by atoms with Gasteiger partial charge in [0.1, 0.15) is 5.78 Å². The first kappa shape index (κ1) is 13.3. The number of hydrogen-bond acceptors (Lipinski definition) is 3. The van der Waals surface area contributed by atoms with Crippen LogP contribution < -0.4 is 0 Å². The Morgan fingerprint density at radius 3 is 2.56 bits per heavy atom. The highest BCUT2D eigenvalue weighted by Gasteiger charge is 2.32. The van der Waals surface area contributed by atoms with Crippen LogP contribution in [0.1, 0.15) is 26.2 Å². The van der Waals surface area contributed by atoms with Crippen LogP contribution in [0.3, 0.4) is 0 Å². The average molecular weight is 266 g/mol. The average Bonchev–Trinajstić information content (AvgIpc) is 2.36. The number of hydrogen-bond donors (Lipinski definition) is 0. The second-order valence-electron chi connectivity index (χ2n) is 5.00. The van der Waals surface area contributed by atoms with Crippen molar-refractivity contribution in [3.8, 4) is 0 Å². The molecular formula is C14H18O3S. The number of sulfone groups is 1. The maximum absolute atomic E-state index is 12.2. The van der Waals surface area contributed by atoms with E-state index in [1.807, 2.05) is 6.92 Å². The van der Waals surface area contributed by atoms with Crippen molar-refractivity contribution in [1.29, 1.82) is 0 Å². The van der Waals surface area contributed by atoms with Gasteiger partial charge in [-0.3, -0.25) is 4.79 Å². The standard InChI is InChI=1S/C14H18O3S/c1-11-12(6-5-9-14(11)15)10-18(16,17)13-7-3-2-4-8-13/h2-4,7-8,11-12H,5-6,9-10H2,1H3. The molecule has 1 aliphatic carbocycles. The van der Waals surface area contributed by atoms with Crippen LogP contribution in [0, 0.1) is 11.8 Å². The van der Waals surface area contributed by atoms with Crippen LogP contribution in [-0.4, -0.2) is 20.0 Å². The minimum absolute atomic E-state index is 0.0311. The van der Waals surface area contributed by atoms with E-state index in [0.29, 0.717) is 11.3 Å². The number of carbonyl (C=O) groups excluding carboxylic acids is 1. The largest absolute Gasteiger partial charge is 0.299 e. The number of benzene rings is 1. The Morgan fingerprint density at radius 2 is 1.89 bits per heavy atom. The zero-order valence-electron chi connectivity index (χ0n) is 10.5. The third kappa shape index (κ3) is 2.80. The fourth-order valence-corrected chi connectivity index (χ4v) is 4.30. The van der Waals surface area contributed by atoms with E-state index < -0.39 is 9.84 Å². The van der Waals surface area contributed by atoms with Gasteiger partial charge in [-0.25, -0.2) is 8.42 Å². The summed E-state index contributed by atoms with van der Waals surface area (Å²) in [5.41, 5.74) is 0. The summed E-state index contributed by atoms with van der Waals surface area (Å²) in [6, 6.07) is 8.48. The van der Waals surface area contributed by atoms with Crippen LogP contribution in [0.15, 0.2) is 35.2 Å². The first-order valence-electron chi connectivity index (χ1n) is 6.31. The van der Waals surface area contributed by atoms with Crippen molar-refractivity contribution in [2.75, 3.05) is 5.75 Å². The van der Waals surface area contributed by atoms with E-state index in [1.165, 1.54) is 0 Å². The fraction of sp³-hybridized carbons (Fsp3) is 0.500. The molecule has 1 fully saturated rings. The topological polar surface area (TPSA) is 51.2 Å². The summed E-state index contributed by atoms with van der Waals surface area (Å²) < 4.78 is 24.5. The molecule has 0 heterocycles. The molecule has 2 atom stereocenters. The lowest BCUT2D eigenvalue weighted by Crippen LogP contribution is -2.31. The molecule has 0 saturated heterocycles. The maximum Gasteiger partial charge on any atom is 0.178 e. The van der Waals surface area contributed by atoms with Crippen molar-refractivity contribution in [3.63, 3.8) is 0 Å². The quantitative estimate of drug-likeness (QED) is 0.844. The Balaban J connectivity index is 2.16. The number of carbonyl (C=O) groups is 1. The highest BCUT2D eigenvalue weighted by atomic mass is 32.2. The van der Waals surface area contributed by atoms with E-state index >= 15 is 0 Å². The van der Waals surface area contributed by atoms with Gasteiger partial charge in [-0.05, 0) is 30.9 Å². The Morgan fingerprint density at radius 1 is 1.22 bits per heavy atom. The minimum Gasteiger partial charge on any atom is -0.299 e. The van der Waals surface area contributed by atoms with Crippen LogP contribution in [0.2, 0.25) is 0 Å². The van der Waals surface area contributed by atoms with Crippen molar-refractivity contribution in [2.24, 2.45) is 11.8 Å². The zero-order chi connectivity index (χ0) is 13.2. The number of ketones is 1. The lowest BCUT2D eigenvalue weighted by Gasteiger charge is -2.27. The van der Waals surface area contributed by atoms with E-state index in [2.05, 4.69) is 0 Å². The highest BCUT2D eigenvalue weighted by Crippen LogP contribution is 2.29. The van der Waals surface area contributed by atoms with E-state index in [4.69, 9.17) is 0 Å². The number of Topliss-reactive ketones (excluding diaryl/α,β-unsaturated/α-hetero) is 1. The third-order valence-electron chi connectivity index (χ3n) is 3.75. The minimum atomic E-state index is -3.27. The van der Waals surface area contributed by atoms with Crippen molar-refractivity contribution in [1.82, 2.24) is 0 Å². The zero-order valence-corrected chi connectivity index (χ0v) is 11.3. The van der Waals surface area contributed by atoms with Gasteiger partial charge in [-0.1, -0.05) is 25.1 Å². The van der Waals surface area contributed by atoms with Crippen molar-refractivity contribution >= 4 is 15.6 Å². The second kappa shape index (κ2) is 5.22. The third-order valence-corrected chi connectivity index (χ3v) is 5.61. The SMILES string of the molecule is CC1C(=O)CCCC1CS(=O)(=O)c1ccccc1. The van der Waals surface area contributed by atoms with E-state index in [1.54, 1.807) is 30.3 Å². The van der Waals surface area contributed by atoms with Gasteiger partial charge in [0.2, 0.25) is 0 Å². The number of rotatable bonds is 3. The van der Waals surface area contributed by atoms with Crippen LogP contribution in [-0.2, 0) is 14.6 Å². The molecule has 0 aliphatic heterocycles. The molecule has 2 unspecified atom stereocenters. The van der Waals surface area contributed by atoms with E-state index in [0.717, 1.165) is 12.8 Å². The van der Waals surface area contributed by atoms with Gasteiger partial charge in [0.15, 0.2) is 9.84 Å². The van der Waals surface area contributed by atoms with Gasteiger partial charge in [0, 0.05) is 12.3 Å². The Labute approximate surface area is 108 Å². The summed E-state index contributed by atoms with van der Waals surface area (Å²) in [6.45, 7) is 1.85. The van der Waals surface area contributed by atoms with Crippen molar-refractivity contribution < 1.29 is 13.2 Å². The van der Waals surface area contributed by atoms with Gasteiger partial charge >= 0.3 is 0 Å². The molecule has 1 aromatic carbocycles. The van der Waals surface area contributed by atoms with Crippen molar-refractivity contribution in [3.05, 3.63) is 30.3 Å². The van der Waals surface area contributed by atoms with Gasteiger partial charge in [0.25, 0.3) is 0 Å². The summed E-state index contributed by atoms with van der Waals surface area (Å²) in [7, 11) is -3.27. The van der Waals surface area contributed by atoms with E-state index in [-0.39, 0.29) is 23.4 Å². The highest BCUT2D eigenvalue weighted by molar-refractivity contribution is 7.91. The molecule has 1 saturated carbocycles. The summed E-state index contributed by atoms with van der Waals surface area (Å²) in [4.78, 5) is 12.0. The Hall–Kier alpha value is -1.16. The van der Waals surface area contributed by atoms with Crippen LogP contribution in [0.4, 0.5) is 0 Å². The Kier molecular flexibility index (Phi) is 3.85. The molecule has 0 spiro atoms. The lowest BCUT2D eigenvalue weighted by molar-refractivity contribution is -0.125. The maximum atomic E-state index is 12.2. The normalized spacial score (nSPS) is 25.1. The summed E-state index contributed by atoms with van der Waals surface area (Å²) in [5.74, 6) is 0.132. The smallest absolute Gasteiger partial charge is 0.178 e. The molecule has 0 bridgehead atoms. The van der Waals surface area contributed by atoms with Crippen LogP contribution in [0.5, 0.6) is 0 Å². The molecule has 4 heteroatoms. The molecule has 0 N–H and O–H groups in total. The predicted molar refractivity (Wildman–Crippen MR) is 70.0 cm³/mol. The van der Waals surface area contributed by atoms with Gasteiger partial charge in [-0.15, -0.1) is 0 Å². The van der Waals surface area contributed by atoms with Crippen LogP contribution in [0.25, 0.3) is 0 Å². The van der Waals surface area contributed by atoms with Crippen LogP contribution >= 0.6 is 0 Å². The molecule has 0 aromatic heterocycles. The molecule has 2 rings (SSSR count). The first-order valence-corrected chi connectivity index (χ1v) is 7.96. The molecular weight excluding hydrogens is 248 g/mol.